The number of nitrogens with one attached hydrogen (secondary N) is 1. The molecule has 1 saturated heterocycles. The van der Waals surface area contributed by atoms with Gasteiger partial charge in [-0.05, 0) is 25.1 Å². The lowest BCUT2D eigenvalue weighted by atomic mass is 10.0. The van der Waals surface area contributed by atoms with Gasteiger partial charge in [0, 0.05) is 6.54 Å². The van der Waals surface area contributed by atoms with Crippen molar-refractivity contribution < 1.29 is 26.8 Å². The summed E-state index contributed by atoms with van der Waals surface area (Å²) < 4.78 is 53.6. The van der Waals surface area contributed by atoms with Gasteiger partial charge < -0.3 is 5.32 Å². The number of hydrogen-bond acceptors (Lipinski definition) is 5. The minimum atomic E-state index is -4.15. The highest BCUT2D eigenvalue weighted by atomic mass is 32.2. The number of fused-ring (bicyclic) bond motifs is 1. The quantitative estimate of drug-likeness (QED) is 0.821. The average Bonchev–Trinajstić information content (AvgIpc) is 2.78. The minimum Gasteiger partial charge on any atom is -0.346 e. The Hall–Kier alpha value is -2.07. The lowest BCUT2D eigenvalue weighted by Crippen LogP contribution is -2.59. The summed E-state index contributed by atoms with van der Waals surface area (Å²) in [6.07, 6.45) is 0.0491. The molecule has 2 heterocycles. The zero-order valence-corrected chi connectivity index (χ0v) is 14.9. The predicted octanol–water partition coefficient (Wildman–Crippen LogP) is 0.677. The number of likely N-dealkylation sites (tertiary alicyclic amines) is 1. The molecule has 1 unspecified atom stereocenters. The van der Waals surface area contributed by atoms with Crippen LogP contribution >= 0.6 is 0 Å². The molecule has 10 heteroatoms. The van der Waals surface area contributed by atoms with Crippen LogP contribution in [0.3, 0.4) is 0 Å². The molecular formula is C16H19F2N3O4S. The molecule has 2 amide bonds. The van der Waals surface area contributed by atoms with Gasteiger partial charge in [0.15, 0.2) is 0 Å². The largest absolute Gasteiger partial charge is 0.346 e. The van der Waals surface area contributed by atoms with Crippen molar-refractivity contribution in [1.29, 1.82) is 0 Å². The van der Waals surface area contributed by atoms with Crippen LogP contribution in [0.2, 0.25) is 0 Å². The first kappa shape index (κ1) is 18.7. The number of halogens is 2. The van der Waals surface area contributed by atoms with E-state index in [-0.39, 0.29) is 16.9 Å². The molecule has 26 heavy (non-hydrogen) atoms. The predicted molar refractivity (Wildman–Crippen MR) is 88.3 cm³/mol. The number of carbonyl (C=O) groups is 2. The fraction of sp³-hybridized carbons (Fsp3) is 0.500. The van der Waals surface area contributed by atoms with E-state index in [0.29, 0.717) is 17.4 Å². The molecule has 1 aromatic carbocycles. The number of nitrogens with zero attached hydrogens (tertiary/aromatic N) is 2. The molecular weight excluding hydrogens is 368 g/mol. The van der Waals surface area contributed by atoms with Crippen molar-refractivity contribution in [3.63, 3.8) is 0 Å². The molecule has 0 radical (unpaired) electrons. The zero-order valence-electron chi connectivity index (χ0n) is 14.1. The van der Waals surface area contributed by atoms with Crippen LogP contribution in [0.15, 0.2) is 29.2 Å². The number of hydrogen-bond donors (Lipinski definition) is 1. The fourth-order valence-electron chi connectivity index (χ4n) is 3.22. The Morgan fingerprint density at radius 3 is 2.65 bits per heavy atom. The summed E-state index contributed by atoms with van der Waals surface area (Å²) in [5.41, 5.74) is -0.0260. The monoisotopic (exact) mass is 387 g/mol. The molecule has 0 aliphatic carbocycles. The van der Waals surface area contributed by atoms with Gasteiger partial charge in [0.25, 0.3) is 21.9 Å². The van der Waals surface area contributed by atoms with E-state index in [0.717, 1.165) is 0 Å². The summed E-state index contributed by atoms with van der Waals surface area (Å²) >= 11 is 0. The van der Waals surface area contributed by atoms with Gasteiger partial charge in [-0.25, -0.2) is 21.5 Å². The standard InChI is InChI=1S/C16H19F2N3O4S/c1-2-20-8-7-13(16(17,18)10-20)19-14(22)9-21-15(23)11-5-3-4-6-12(11)26(21,24)25/h3-6,13H,2,7-10H2,1H3,(H,19,22). The minimum absolute atomic E-state index is 0.0260. The summed E-state index contributed by atoms with van der Waals surface area (Å²) in [5.74, 6) is -4.88. The number of benzene rings is 1. The Morgan fingerprint density at radius 1 is 1.35 bits per heavy atom. The van der Waals surface area contributed by atoms with E-state index in [1.807, 2.05) is 0 Å². The van der Waals surface area contributed by atoms with E-state index >= 15 is 0 Å². The van der Waals surface area contributed by atoms with Gasteiger partial charge in [-0.15, -0.1) is 0 Å². The van der Waals surface area contributed by atoms with Crippen LogP contribution in [0, 0.1) is 0 Å². The number of sulfonamides is 1. The highest BCUT2D eigenvalue weighted by Crippen LogP contribution is 2.30. The molecule has 3 rings (SSSR count). The smallest absolute Gasteiger partial charge is 0.280 e. The van der Waals surface area contributed by atoms with Crippen LogP contribution in [-0.2, 0) is 14.8 Å². The first-order chi connectivity index (χ1) is 12.2. The van der Waals surface area contributed by atoms with Crippen LogP contribution in [0.25, 0.3) is 0 Å². The van der Waals surface area contributed by atoms with Crippen LogP contribution in [0.5, 0.6) is 0 Å². The van der Waals surface area contributed by atoms with Gasteiger partial charge in [0.05, 0.1) is 18.2 Å². The molecule has 0 saturated carbocycles. The molecule has 1 aromatic rings. The van der Waals surface area contributed by atoms with Crippen molar-refractivity contribution in [2.75, 3.05) is 26.2 Å². The lowest BCUT2D eigenvalue weighted by Gasteiger charge is -2.38. The third-order valence-electron chi connectivity index (χ3n) is 4.66. The van der Waals surface area contributed by atoms with E-state index < -0.39 is 46.9 Å². The van der Waals surface area contributed by atoms with E-state index in [2.05, 4.69) is 5.32 Å². The number of rotatable bonds is 4. The van der Waals surface area contributed by atoms with E-state index in [1.54, 1.807) is 11.8 Å². The van der Waals surface area contributed by atoms with Gasteiger partial charge in [0.2, 0.25) is 5.91 Å². The number of carbonyl (C=O) groups excluding carboxylic acids is 2. The van der Waals surface area contributed by atoms with Gasteiger partial charge in [-0.3, -0.25) is 14.5 Å². The molecule has 2 aliphatic rings. The van der Waals surface area contributed by atoms with E-state index in [1.165, 1.54) is 24.3 Å². The van der Waals surface area contributed by atoms with Crippen LogP contribution in [-0.4, -0.2) is 67.6 Å². The molecule has 1 fully saturated rings. The maximum absolute atomic E-state index is 14.2. The highest BCUT2D eigenvalue weighted by Gasteiger charge is 2.46. The van der Waals surface area contributed by atoms with Crippen molar-refractivity contribution in [2.24, 2.45) is 0 Å². The topological polar surface area (TPSA) is 86.8 Å². The Morgan fingerprint density at radius 2 is 2.04 bits per heavy atom. The van der Waals surface area contributed by atoms with Crippen molar-refractivity contribution >= 4 is 21.8 Å². The highest BCUT2D eigenvalue weighted by molar-refractivity contribution is 7.90. The Bertz CT molecular complexity index is 844. The Labute approximate surface area is 150 Å². The number of piperidine rings is 1. The second kappa shape index (κ2) is 6.58. The second-order valence-electron chi connectivity index (χ2n) is 6.35. The van der Waals surface area contributed by atoms with E-state index in [4.69, 9.17) is 0 Å². The van der Waals surface area contributed by atoms with Gasteiger partial charge >= 0.3 is 0 Å². The van der Waals surface area contributed by atoms with Crippen LogP contribution < -0.4 is 5.32 Å². The molecule has 0 spiro atoms. The maximum atomic E-state index is 14.2. The van der Waals surface area contributed by atoms with Crippen LogP contribution in [0.1, 0.15) is 23.7 Å². The molecule has 0 bridgehead atoms. The Balaban J connectivity index is 1.71. The summed E-state index contributed by atoms with van der Waals surface area (Å²) in [6, 6.07) is 4.21. The first-order valence-corrected chi connectivity index (χ1v) is 9.66. The van der Waals surface area contributed by atoms with Crippen molar-refractivity contribution in [2.45, 2.75) is 30.2 Å². The summed E-state index contributed by atoms with van der Waals surface area (Å²) in [5, 5.41) is 2.19. The van der Waals surface area contributed by atoms with Crippen LogP contribution in [0.4, 0.5) is 8.78 Å². The lowest BCUT2D eigenvalue weighted by molar-refractivity contribution is -0.130. The van der Waals surface area contributed by atoms with Gasteiger partial charge in [-0.1, -0.05) is 19.1 Å². The zero-order chi connectivity index (χ0) is 19.1. The average molecular weight is 387 g/mol. The maximum Gasteiger partial charge on any atom is 0.280 e. The van der Waals surface area contributed by atoms with Crippen molar-refractivity contribution in [3.8, 4) is 0 Å². The first-order valence-electron chi connectivity index (χ1n) is 8.22. The normalized spacial score (nSPS) is 24.3. The second-order valence-corrected chi connectivity index (χ2v) is 8.18. The van der Waals surface area contributed by atoms with Crippen molar-refractivity contribution in [1.82, 2.24) is 14.5 Å². The third-order valence-corrected chi connectivity index (χ3v) is 6.45. The number of amides is 2. The van der Waals surface area contributed by atoms with Gasteiger partial charge in [-0.2, -0.15) is 0 Å². The molecule has 7 nitrogen and oxygen atoms in total. The van der Waals surface area contributed by atoms with Gasteiger partial charge in [0.1, 0.15) is 11.4 Å². The molecule has 142 valence electrons. The number of alkyl halides is 2. The molecule has 1 atom stereocenters. The summed E-state index contributed by atoms with van der Waals surface area (Å²) in [6.45, 7) is 1.37. The fourth-order valence-corrected chi connectivity index (χ4v) is 4.74. The van der Waals surface area contributed by atoms with E-state index in [9.17, 15) is 26.8 Å². The molecule has 0 aromatic heterocycles. The molecule has 1 N–H and O–H groups in total. The summed E-state index contributed by atoms with van der Waals surface area (Å²) in [4.78, 5) is 25.8. The summed E-state index contributed by atoms with van der Waals surface area (Å²) in [7, 11) is -4.15. The Kier molecular flexibility index (Phi) is 4.74. The molecule has 2 aliphatic heterocycles. The SMILES string of the molecule is CCN1CCC(NC(=O)CN2C(=O)c3ccccc3S2(=O)=O)C(F)(F)C1. The van der Waals surface area contributed by atoms with Crippen molar-refractivity contribution in [3.05, 3.63) is 29.8 Å². The third kappa shape index (κ3) is 3.18.